The molecule has 3 heterocycles. The molecule has 14 rings (SSSR count). The summed E-state index contributed by atoms with van der Waals surface area (Å²) in [5.74, 6) is 0. The molecule has 3 aromatic heterocycles. The maximum absolute atomic E-state index is 2.41. The molecule has 0 aliphatic carbocycles. The lowest BCUT2D eigenvalue weighted by atomic mass is 9.90. The highest BCUT2D eigenvalue weighted by atomic mass is 32.1. The van der Waals surface area contributed by atoms with Gasteiger partial charge < -0.3 is 0 Å². The van der Waals surface area contributed by atoms with Crippen molar-refractivity contribution in [2.75, 3.05) is 0 Å². The van der Waals surface area contributed by atoms with E-state index in [-0.39, 0.29) is 0 Å². The van der Waals surface area contributed by atoms with E-state index in [4.69, 9.17) is 0 Å². The van der Waals surface area contributed by atoms with E-state index >= 15 is 0 Å². The van der Waals surface area contributed by atoms with Gasteiger partial charge >= 0.3 is 0 Å². The van der Waals surface area contributed by atoms with Gasteiger partial charge in [-0.25, -0.2) is 0 Å². The number of fused-ring (bicyclic) bond motifs is 9. The SMILES string of the molecule is c1cc(-c2cccc(-c3cccc4c3sc3ccccc34)c2)cc(-c2cc(-c3cccc(-c4cccc(-c5cccc6c5sc5ccccc56)c4)c3)cc(-c3cccc4c3sc3ccccc34)c2)c1. The smallest absolute Gasteiger partial charge is 0.0433 e. The molecule has 0 saturated heterocycles. The second kappa shape index (κ2) is 16.4. The molecule has 14 aromatic rings. The van der Waals surface area contributed by atoms with Crippen LogP contribution in [0.15, 0.2) is 243 Å². The number of benzene rings is 11. The Balaban J connectivity index is 0.887. The lowest BCUT2D eigenvalue weighted by molar-refractivity contribution is 1.56. The second-order valence-electron chi connectivity index (χ2n) is 18.0. The van der Waals surface area contributed by atoms with Crippen LogP contribution in [0.2, 0.25) is 0 Å². The lowest BCUT2D eigenvalue weighted by Crippen LogP contribution is -1.88. The van der Waals surface area contributed by atoms with Crippen molar-refractivity contribution in [3.63, 3.8) is 0 Å². The van der Waals surface area contributed by atoms with E-state index in [1.54, 1.807) is 0 Å². The molecule has 0 saturated carbocycles. The molecule has 0 radical (unpaired) electrons. The summed E-state index contributed by atoms with van der Waals surface area (Å²) in [5.41, 5.74) is 17.1. The topological polar surface area (TPSA) is 0 Å². The summed E-state index contributed by atoms with van der Waals surface area (Å²) in [4.78, 5) is 0. The van der Waals surface area contributed by atoms with Crippen LogP contribution in [0, 0.1) is 0 Å². The van der Waals surface area contributed by atoms with Crippen molar-refractivity contribution in [1.29, 1.82) is 0 Å². The highest BCUT2D eigenvalue weighted by Crippen LogP contribution is 2.45. The highest BCUT2D eigenvalue weighted by Gasteiger charge is 2.17. The Hall–Kier alpha value is -7.92. The predicted molar refractivity (Wildman–Crippen MR) is 303 cm³/mol. The van der Waals surface area contributed by atoms with Crippen LogP contribution in [0.1, 0.15) is 0 Å². The summed E-state index contributed by atoms with van der Waals surface area (Å²) in [7, 11) is 0. The molecule has 0 fully saturated rings. The van der Waals surface area contributed by atoms with Crippen molar-refractivity contribution >= 4 is 94.5 Å². The first kappa shape index (κ1) is 40.2. The van der Waals surface area contributed by atoms with Crippen LogP contribution in [-0.4, -0.2) is 0 Å². The largest absolute Gasteiger partial charge is 0.135 e. The quantitative estimate of drug-likeness (QED) is 0.149. The number of hydrogen-bond acceptors (Lipinski definition) is 3. The molecule has 3 heteroatoms. The van der Waals surface area contributed by atoms with Crippen LogP contribution in [0.4, 0.5) is 0 Å². The molecule has 11 aromatic carbocycles. The molecule has 0 amide bonds. The third-order valence-corrected chi connectivity index (χ3v) is 17.5. The third-order valence-electron chi connectivity index (χ3n) is 13.9. The molecule has 0 unspecified atom stereocenters. The Morgan fingerprint density at radius 1 is 0.174 bits per heavy atom. The van der Waals surface area contributed by atoms with Crippen LogP contribution in [0.5, 0.6) is 0 Å². The molecule has 0 aliphatic rings. The molecule has 0 atom stereocenters. The van der Waals surface area contributed by atoms with Gasteiger partial charge in [-0.3, -0.25) is 0 Å². The van der Waals surface area contributed by atoms with Gasteiger partial charge in [0.25, 0.3) is 0 Å². The minimum absolute atomic E-state index is 1.19. The average Bonchev–Trinajstić information content (AvgIpc) is 4.13. The molecule has 69 heavy (non-hydrogen) atoms. The Bertz CT molecular complexity index is 4110. The highest BCUT2D eigenvalue weighted by molar-refractivity contribution is 7.27. The molecular formula is C66H40S3. The second-order valence-corrected chi connectivity index (χ2v) is 21.1. The Morgan fingerprint density at radius 3 is 0.797 bits per heavy atom. The fourth-order valence-electron chi connectivity index (χ4n) is 10.5. The van der Waals surface area contributed by atoms with Crippen molar-refractivity contribution in [3.8, 4) is 77.9 Å². The minimum atomic E-state index is 1.19. The summed E-state index contributed by atoms with van der Waals surface area (Å²) in [5, 5.41) is 7.91. The summed E-state index contributed by atoms with van der Waals surface area (Å²) < 4.78 is 7.96. The van der Waals surface area contributed by atoms with Crippen molar-refractivity contribution in [1.82, 2.24) is 0 Å². The molecule has 0 N–H and O–H groups in total. The maximum Gasteiger partial charge on any atom is 0.0433 e. The molecule has 0 spiro atoms. The van der Waals surface area contributed by atoms with Gasteiger partial charge in [-0.15, -0.1) is 34.0 Å². The fraction of sp³-hybridized carbons (Fsp3) is 0. The normalized spacial score (nSPS) is 11.8. The zero-order valence-corrected chi connectivity index (χ0v) is 39.8. The standard InChI is InChI=1S/C66H40S3/c1-4-31-61-55(22-1)58-28-11-25-52(64(58)67-61)47-20-9-16-43(36-47)41-14-7-18-45(34-41)49-38-50(40-51(39-49)54-27-13-30-60-57-24-3-6-33-63(57)69-66(54)60)46-19-8-15-42(35-46)44-17-10-21-48(37-44)53-26-12-29-59-56-23-2-5-32-62(56)68-65(53)59/h1-40H. The van der Waals surface area contributed by atoms with Gasteiger partial charge in [0.2, 0.25) is 0 Å². The Labute approximate surface area is 412 Å². The van der Waals surface area contributed by atoms with Gasteiger partial charge in [-0.2, -0.15) is 0 Å². The molecule has 322 valence electrons. The molecule has 0 aliphatic heterocycles. The van der Waals surface area contributed by atoms with Gasteiger partial charge in [-0.1, -0.05) is 182 Å². The van der Waals surface area contributed by atoms with Gasteiger partial charge in [0.1, 0.15) is 0 Å². The predicted octanol–water partition coefficient (Wildman–Crippen LogP) is 20.5. The van der Waals surface area contributed by atoms with E-state index < -0.39 is 0 Å². The van der Waals surface area contributed by atoms with Crippen molar-refractivity contribution in [3.05, 3.63) is 243 Å². The number of hydrogen-bond donors (Lipinski definition) is 0. The van der Waals surface area contributed by atoms with E-state index in [2.05, 4.69) is 243 Å². The average molecular weight is 929 g/mol. The maximum atomic E-state index is 2.41. The van der Waals surface area contributed by atoms with Crippen molar-refractivity contribution in [2.45, 2.75) is 0 Å². The summed E-state index contributed by atoms with van der Waals surface area (Å²) in [6, 6.07) is 90.2. The Morgan fingerprint density at radius 2 is 0.420 bits per heavy atom. The molecule has 0 nitrogen and oxygen atoms in total. The van der Waals surface area contributed by atoms with Crippen molar-refractivity contribution in [2.24, 2.45) is 0 Å². The van der Waals surface area contributed by atoms with Gasteiger partial charge in [0.15, 0.2) is 0 Å². The van der Waals surface area contributed by atoms with Crippen LogP contribution in [-0.2, 0) is 0 Å². The van der Waals surface area contributed by atoms with E-state index in [9.17, 15) is 0 Å². The lowest BCUT2D eigenvalue weighted by Gasteiger charge is -2.14. The molecular weight excluding hydrogens is 889 g/mol. The van der Waals surface area contributed by atoms with Gasteiger partial charge in [0.05, 0.1) is 0 Å². The number of rotatable bonds is 7. The van der Waals surface area contributed by atoms with E-state index in [0.717, 1.165) is 0 Å². The number of thiophene rings is 3. The summed E-state index contributed by atoms with van der Waals surface area (Å²) in [6.45, 7) is 0. The zero-order valence-electron chi connectivity index (χ0n) is 37.3. The third kappa shape index (κ3) is 6.92. The first-order chi connectivity index (χ1) is 34.2. The summed E-state index contributed by atoms with van der Waals surface area (Å²) in [6.07, 6.45) is 0. The van der Waals surface area contributed by atoms with Crippen molar-refractivity contribution < 1.29 is 0 Å². The summed E-state index contributed by atoms with van der Waals surface area (Å²) >= 11 is 5.66. The zero-order chi connectivity index (χ0) is 45.4. The van der Waals surface area contributed by atoms with Crippen LogP contribution in [0.25, 0.3) is 138 Å². The van der Waals surface area contributed by atoms with Crippen LogP contribution >= 0.6 is 34.0 Å². The van der Waals surface area contributed by atoms with E-state index in [0.29, 0.717) is 0 Å². The van der Waals surface area contributed by atoms with Gasteiger partial charge in [0, 0.05) is 60.5 Å². The van der Waals surface area contributed by atoms with E-state index in [1.165, 1.54) is 138 Å². The van der Waals surface area contributed by atoms with E-state index in [1.807, 2.05) is 34.0 Å². The molecule has 0 bridgehead atoms. The van der Waals surface area contributed by atoms with Crippen LogP contribution in [0.3, 0.4) is 0 Å². The minimum Gasteiger partial charge on any atom is -0.135 e. The first-order valence-corrected chi connectivity index (χ1v) is 25.9. The monoisotopic (exact) mass is 928 g/mol. The van der Waals surface area contributed by atoms with Crippen LogP contribution < -0.4 is 0 Å². The first-order valence-electron chi connectivity index (χ1n) is 23.5. The Kier molecular flexibility index (Phi) is 9.55. The fourth-order valence-corrected chi connectivity index (χ4v) is 14.2. The van der Waals surface area contributed by atoms with Gasteiger partial charge in [-0.05, 0) is 139 Å².